The van der Waals surface area contributed by atoms with E-state index < -0.39 is 40.0 Å². The van der Waals surface area contributed by atoms with Crippen LogP contribution in [0.25, 0.3) is 5.70 Å². The van der Waals surface area contributed by atoms with Crippen LogP contribution in [-0.4, -0.2) is 42.1 Å². The van der Waals surface area contributed by atoms with Gasteiger partial charge in [0.15, 0.2) is 0 Å². The van der Waals surface area contributed by atoms with E-state index in [0.717, 1.165) is 24.5 Å². The van der Waals surface area contributed by atoms with Crippen LogP contribution in [0.15, 0.2) is 42.7 Å². The molecule has 0 atom stereocenters. The summed E-state index contributed by atoms with van der Waals surface area (Å²) < 4.78 is 53.8. The Kier molecular flexibility index (Phi) is 11.0. The second-order valence-corrected chi connectivity index (χ2v) is 8.24. The maximum atomic E-state index is 12.9. The van der Waals surface area contributed by atoms with E-state index in [1.54, 1.807) is 6.92 Å². The van der Waals surface area contributed by atoms with E-state index >= 15 is 0 Å². The van der Waals surface area contributed by atoms with Gasteiger partial charge in [0.2, 0.25) is 5.12 Å². The lowest BCUT2D eigenvalue weighted by molar-refractivity contribution is -0.385. The number of halogens is 4. The minimum Gasteiger partial charge on any atom is -0.502 e. The highest BCUT2D eigenvalue weighted by atomic mass is 35.5. The standard InChI is InChI=1S/C22H20ClF3N2O8S/c1-3-34-20(29)12-37-21(30)11-35-27-17(10-33-2)15-9-14(5-6-18(15)28(31)32)36-19-7-4-13(8-16(19)23)22(24,25)26/h4-10,27H,3,11-12H2,1-2H3. The quantitative estimate of drug-likeness (QED) is 0.156. The average molecular weight is 565 g/mol. The topological polar surface area (TPSA) is 126 Å². The van der Waals surface area contributed by atoms with Gasteiger partial charge in [-0.15, -0.1) is 0 Å². The van der Waals surface area contributed by atoms with Gasteiger partial charge in [0, 0.05) is 6.07 Å². The van der Waals surface area contributed by atoms with Crippen molar-refractivity contribution in [2.45, 2.75) is 13.1 Å². The molecule has 0 saturated heterocycles. The summed E-state index contributed by atoms with van der Waals surface area (Å²) in [6, 6.07) is 5.98. The van der Waals surface area contributed by atoms with Gasteiger partial charge in [0.1, 0.15) is 30.1 Å². The second kappa shape index (κ2) is 13.7. The maximum absolute atomic E-state index is 12.9. The molecule has 10 nitrogen and oxygen atoms in total. The zero-order chi connectivity index (χ0) is 27.6. The largest absolute Gasteiger partial charge is 0.502 e. The number of hydroxylamine groups is 1. The highest BCUT2D eigenvalue weighted by Gasteiger charge is 2.31. The van der Waals surface area contributed by atoms with Gasteiger partial charge in [0.25, 0.3) is 5.69 Å². The number of rotatable bonds is 12. The van der Waals surface area contributed by atoms with Crippen LogP contribution in [0.5, 0.6) is 11.5 Å². The number of benzene rings is 2. The first-order valence-corrected chi connectivity index (χ1v) is 11.6. The van der Waals surface area contributed by atoms with Crippen LogP contribution in [0, 0.1) is 10.1 Å². The number of esters is 1. The molecule has 0 aliphatic heterocycles. The monoisotopic (exact) mass is 564 g/mol. The molecule has 2 aromatic carbocycles. The minimum absolute atomic E-state index is 0.00729. The van der Waals surface area contributed by atoms with E-state index in [-0.39, 0.29) is 40.1 Å². The zero-order valence-corrected chi connectivity index (χ0v) is 20.9. The number of nitro groups is 1. The highest BCUT2D eigenvalue weighted by molar-refractivity contribution is 8.14. The number of carbonyl (C=O) groups excluding carboxylic acids is 2. The van der Waals surface area contributed by atoms with Crippen LogP contribution in [0.1, 0.15) is 18.1 Å². The fourth-order valence-electron chi connectivity index (χ4n) is 2.66. The Hall–Kier alpha value is -3.49. The summed E-state index contributed by atoms with van der Waals surface area (Å²) >= 11 is 6.58. The lowest BCUT2D eigenvalue weighted by Crippen LogP contribution is -2.19. The first kappa shape index (κ1) is 29.7. The number of nitrogens with zero attached hydrogens (tertiary/aromatic N) is 1. The second-order valence-electron chi connectivity index (χ2n) is 6.80. The van der Waals surface area contributed by atoms with E-state index in [4.69, 9.17) is 30.6 Å². The summed E-state index contributed by atoms with van der Waals surface area (Å²) in [5, 5.41) is 10.7. The van der Waals surface area contributed by atoms with Crippen LogP contribution in [0.3, 0.4) is 0 Å². The van der Waals surface area contributed by atoms with Gasteiger partial charge in [-0.2, -0.15) is 13.2 Å². The first-order valence-electron chi connectivity index (χ1n) is 10.2. The van der Waals surface area contributed by atoms with Gasteiger partial charge >= 0.3 is 12.1 Å². The Morgan fingerprint density at radius 1 is 1.22 bits per heavy atom. The number of carbonyl (C=O) groups is 2. The summed E-state index contributed by atoms with van der Waals surface area (Å²) in [5.41, 5.74) is 0.812. The number of nitro benzene ring substituents is 1. The van der Waals surface area contributed by atoms with E-state index in [1.165, 1.54) is 19.2 Å². The zero-order valence-electron chi connectivity index (χ0n) is 19.3. The fourth-order valence-corrected chi connectivity index (χ4v) is 3.38. The Labute approximate surface area is 217 Å². The number of thioether (sulfide) groups is 1. The van der Waals surface area contributed by atoms with Crippen molar-refractivity contribution in [2.24, 2.45) is 0 Å². The van der Waals surface area contributed by atoms with E-state index in [2.05, 4.69) is 5.48 Å². The number of hydrogen-bond donors (Lipinski definition) is 1. The van der Waals surface area contributed by atoms with Gasteiger partial charge < -0.3 is 14.2 Å². The molecule has 1 N–H and O–H groups in total. The molecule has 0 heterocycles. The molecule has 0 spiro atoms. The Morgan fingerprint density at radius 3 is 2.54 bits per heavy atom. The molecule has 0 aromatic heterocycles. The molecular formula is C22H20ClF3N2O8S. The molecule has 0 unspecified atom stereocenters. The molecule has 0 fully saturated rings. The van der Waals surface area contributed by atoms with Gasteiger partial charge in [-0.3, -0.25) is 30.0 Å². The summed E-state index contributed by atoms with van der Waals surface area (Å²) in [6.07, 6.45) is -3.54. The number of ether oxygens (including phenoxy) is 3. The third-order valence-corrected chi connectivity index (χ3v) is 5.32. The van der Waals surface area contributed by atoms with Crippen molar-refractivity contribution in [1.29, 1.82) is 0 Å². The normalized spacial score (nSPS) is 11.6. The van der Waals surface area contributed by atoms with Crippen LogP contribution >= 0.6 is 23.4 Å². The van der Waals surface area contributed by atoms with E-state index in [1.807, 2.05) is 0 Å². The molecule has 2 rings (SSSR count). The third-order valence-electron chi connectivity index (χ3n) is 4.21. The number of hydrogen-bond acceptors (Lipinski definition) is 10. The number of methoxy groups -OCH3 is 1. The first-order chi connectivity index (χ1) is 17.5. The number of alkyl halides is 3. The molecule has 2 aromatic rings. The Balaban J connectivity index is 2.21. The van der Waals surface area contributed by atoms with Gasteiger partial charge in [-0.05, 0) is 37.3 Å². The molecule has 37 heavy (non-hydrogen) atoms. The molecule has 0 amide bonds. The molecule has 0 aliphatic carbocycles. The lowest BCUT2D eigenvalue weighted by atomic mass is 10.1. The van der Waals surface area contributed by atoms with Crippen molar-refractivity contribution in [1.82, 2.24) is 5.48 Å². The van der Waals surface area contributed by atoms with Crippen LogP contribution < -0.4 is 10.2 Å². The summed E-state index contributed by atoms with van der Waals surface area (Å²) in [4.78, 5) is 39.2. The maximum Gasteiger partial charge on any atom is 0.416 e. The molecule has 0 aliphatic rings. The number of nitrogens with one attached hydrogen (secondary N) is 1. The molecule has 0 bridgehead atoms. The van der Waals surface area contributed by atoms with Crippen molar-refractivity contribution in [3.63, 3.8) is 0 Å². The minimum atomic E-state index is -4.60. The SMILES string of the molecule is CCOC(=O)CSC(=O)CONC(=COC)c1cc(Oc2ccc(C(F)(F)F)cc2Cl)ccc1[N+](=O)[O-]. The van der Waals surface area contributed by atoms with Crippen LogP contribution in [-0.2, 0) is 30.1 Å². The molecule has 0 radical (unpaired) electrons. The van der Waals surface area contributed by atoms with Gasteiger partial charge in [-0.25, -0.2) is 0 Å². The lowest BCUT2D eigenvalue weighted by Gasteiger charge is -2.14. The Bertz CT molecular complexity index is 1180. The molecular weight excluding hydrogens is 545 g/mol. The predicted octanol–water partition coefficient (Wildman–Crippen LogP) is 5.35. The van der Waals surface area contributed by atoms with E-state index in [0.29, 0.717) is 17.8 Å². The summed E-state index contributed by atoms with van der Waals surface area (Å²) in [6.45, 7) is 1.28. The van der Waals surface area contributed by atoms with Crippen LogP contribution in [0.4, 0.5) is 18.9 Å². The van der Waals surface area contributed by atoms with Crippen molar-refractivity contribution in [3.8, 4) is 11.5 Å². The van der Waals surface area contributed by atoms with Crippen LogP contribution in [0.2, 0.25) is 5.02 Å². The molecule has 15 heteroatoms. The Morgan fingerprint density at radius 2 is 1.95 bits per heavy atom. The van der Waals surface area contributed by atoms with Crippen molar-refractivity contribution in [3.05, 3.63) is 68.9 Å². The highest BCUT2D eigenvalue weighted by Crippen LogP contribution is 2.37. The summed E-state index contributed by atoms with van der Waals surface area (Å²) in [5.74, 6) is -0.921. The van der Waals surface area contributed by atoms with Crippen molar-refractivity contribution >= 4 is 45.8 Å². The van der Waals surface area contributed by atoms with Gasteiger partial charge in [0.05, 0.1) is 40.5 Å². The molecule has 0 saturated carbocycles. The van der Waals surface area contributed by atoms with Gasteiger partial charge in [-0.1, -0.05) is 23.4 Å². The average Bonchev–Trinajstić information content (AvgIpc) is 2.83. The summed E-state index contributed by atoms with van der Waals surface area (Å²) in [7, 11) is 1.26. The molecule has 200 valence electrons. The van der Waals surface area contributed by atoms with E-state index in [9.17, 15) is 32.9 Å². The van der Waals surface area contributed by atoms with Crippen molar-refractivity contribution < 1.29 is 46.7 Å². The predicted molar refractivity (Wildman–Crippen MR) is 128 cm³/mol. The fraction of sp³-hybridized carbons (Fsp3) is 0.273. The smallest absolute Gasteiger partial charge is 0.416 e. The van der Waals surface area contributed by atoms with Crippen molar-refractivity contribution in [2.75, 3.05) is 26.1 Å². The third kappa shape index (κ3) is 9.15.